The molecular formula is C9H10INO3. The van der Waals surface area contributed by atoms with Crippen LogP contribution in [0, 0.1) is 3.57 Å². The molecule has 5 heteroatoms. The van der Waals surface area contributed by atoms with Crippen molar-refractivity contribution in [2.24, 2.45) is 0 Å². The van der Waals surface area contributed by atoms with Crippen LogP contribution in [0.4, 0.5) is 0 Å². The van der Waals surface area contributed by atoms with Crippen molar-refractivity contribution in [3.63, 3.8) is 0 Å². The molecule has 1 amide bonds. The van der Waals surface area contributed by atoms with Crippen molar-refractivity contribution in [1.82, 2.24) is 5.48 Å². The third kappa shape index (κ3) is 2.85. The van der Waals surface area contributed by atoms with E-state index in [0.29, 0.717) is 15.7 Å². The molecule has 14 heavy (non-hydrogen) atoms. The predicted molar refractivity (Wildman–Crippen MR) is 59.9 cm³/mol. The summed E-state index contributed by atoms with van der Waals surface area (Å²) in [5, 5.41) is 9.35. The zero-order valence-electron chi connectivity index (χ0n) is 7.58. The Kier molecular flexibility index (Phi) is 4.15. The van der Waals surface area contributed by atoms with Gasteiger partial charge in [0.15, 0.2) is 0 Å². The lowest BCUT2D eigenvalue weighted by atomic mass is 10.2. The van der Waals surface area contributed by atoms with Gasteiger partial charge in [-0.25, -0.2) is 5.48 Å². The highest BCUT2D eigenvalue weighted by molar-refractivity contribution is 14.1. The number of nitrogens with one attached hydrogen (secondary N) is 1. The maximum atomic E-state index is 11.3. The Balaban J connectivity index is 2.76. The Morgan fingerprint density at radius 1 is 1.64 bits per heavy atom. The summed E-state index contributed by atoms with van der Waals surface area (Å²) in [4.78, 5) is 16.1. The lowest BCUT2D eigenvalue weighted by Crippen LogP contribution is -2.23. The first-order valence-electron chi connectivity index (χ1n) is 4.05. The summed E-state index contributed by atoms with van der Waals surface area (Å²) in [6.07, 6.45) is 0. The molecule has 0 spiro atoms. The maximum Gasteiger partial charge on any atom is 0.274 e. The van der Waals surface area contributed by atoms with Crippen LogP contribution in [0.5, 0.6) is 5.75 Å². The molecule has 76 valence electrons. The van der Waals surface area contributed by atoms with Crippen molar-refractivity contribution in [2.45, 2.75) is 6.92 Å². The standard InChI is InChI=1S/C9H10INO3/c1-2-14-11-9(13)6-3-4-7(10)8(12)5-6/h3-5,12H,2H2,1H3,(H,11,13). The number of halogens is 1. The van der Waals surface area contributed by atoms with Crippen LogP contribution in [-0.2, 0) is 4.84 Å². The Morgan fingerprint density at radius 3 is 2.93 bits per heavy atom. The number of carbonyl (C=O) groups is 1. The molecule has 0 atom stereocenters. The number of phenols is 1. The molecule has 0 aromatic heterocycles. The summed E-state index contributed by atoms with van der Waals surface area (Å²) >= 11 is 1.98. The number of phenolic OH excluding ortho intramolecular Hbond substituents is 1. The fourth-order valence-electron chi connectivity index (χ4n) is 0.851. The molecular weight excluding hydrogens is 297 g/mol. The van der Waals surface area contributed by atoms with Crippen molar-refractivity contribution in [3.05, 3.63) is 27.3 Å². The second-order valence-corrected chi connectivity index (χ2v) is 3.69. The molecule has 0 aliphatic carbocycles. The number of aromatic hydroxyl groups is 1. The molecule has 0 saturated carbocycles. The van der Waals surface area contributed by atoms with E-state index in [2.05, 4.69) is 5.48 Å². The zero-order chi connectivity index (χ0) is 10.6. The Morgan fingerprint density at radius 2 is 2.36 bits per heavy atom. The van der Waals surface area contributed by atoms with E-state index in [1.807, 2.05) is 22.6 Å². The van der Waals surface area contributed by atoms with E-state index in [-0.39, 0.29) is 11.7 Å². The molecule has 0 aliphatic heterocycles. The largest absolute Gasteiger partial charge is 0.507 e. The summed E-state index contributed by atoms with van der Waals surface area (Å²) < 4.78 is 0.704. The van der Waals surface area contributed by atoms with Gasteiger partial charge < -0.3 is 5.11 Å². The fourth-order valence-corrected chi connectivity index (χ4v) is 1.19. The lowest BCUT2D eigenvalue weighted by Gasteiger charge is -2.04. The summed E-state index contributed by atoms with van der Waals surface area (Å²) in [6.45, 7) is 2.17. The fraction of sp³-hybridized carbons (Fsp3) is 0.222. The highest BCUT2D eigenvalue weighted by atomic mass is 127. The van der Waals surface area contributed by atoms with Crippen molar-refractivity contribution in [3.8, 4) is 5.75 Å². The van der Waals surface area contributed by atoms with Crippen LogP contribution in [0.3, 0.4) is 0 Å². The molecule has 0 heterocycles. The molecule has 1 rings (SSSR count). The summed E-state index contributed by atoms with van der Waals surface area (Å²) in [6, 6.07) is 4.68. The second kappa shape index (κ2) is 5.16. The van der Waals surface area contributed by atoms with E-state index in [4.69, 9.17) is 4.84 Å². The first-order valence-corrected chi connectivity index (χ1v) is 5.13. The molecule has 0 fully saturated rings. The van der Waals surface area contributed by atoms with Crippen molar-refractivity contribution >= 4 is 28.5 Å². The second-order valence-electron chi connectivity index (χ2n) is 2.53. The molecule has 0 bridgehead atoms. The van der Waals surface area contributed by atoms with E-state index >= 15 is 0 Å². The quantitative estimate of drug-likeness (QED) is 0.660. The van der Waals surface area contributed by atoms with E-state index in [1.165, 1.54) is 6.07 Å². The maximum absolute atomic E-state index is 11.3. The van der Waals surface area contributed by atoms with Gasteiger partial charge in [-0.05, 0) is 47.7 Å². The zero-order valence-corrected chi connectivity index (χ0v) is 9.74. The summed E-state index contributed by atoms with van der Waals surface area (Å²) in [7, 11) is 0. The van der Waals surface area contributed by atoms with Crippen LogP contribution >= 0.6 is 22.6 Å². The Hall–Kier alpha value is -0.820. The van der Waals surface area contributed by atoms with Gasteiger partial charge >= 0.3 is 0 Å². The van der Waals surface area contributed by atoms with E-state index in [0.717, 1.165) is 0 Å². The minimum Gasteiger partial charge on any atom is -0.507 e. The van der Waals surface area contributed by atoms with Gasteiger partial charge in [-0.3, -0.25) is 9.63 Å². The lowest BCUT2D eigenvalue weighted by molar-refractivity contribution is 0.0364. The Labute approximate surface area is 95.4 Å². The monoisotopic (exact) mass is 307 g/mol. The Bertz CT molecular complexity index is 341. The van der Waals surface area contributed by atoms with Crippen molar-refractivity contribution in [2.75, 3.05) is 6.61 Å². The number of carbonyl (C=O) groups excluding carboxylic acids is 1. The molecule has 1 aromatic rings. The van der Waals surface area contributed by atoms with Gasteiger partial charge in [0, 0.05) is 5.56 Å². The summed E-state index contributed by atoms with van der Waals surface area (Å²) in [5.74, 6) is -0.270. The SMILES string of the molecule is CCONC(=O)c1ccc(I)c(O)c1. The highest BCUT2D eigenvalue weighted by Gasteiger charge is 2.07. The number of benzene rings is 1. The van der Waals surface area contributed by atoms with E-state index in [1.54, 1.807) is 19.1 Å². The van der Waals surface area contributed by atoms with Crippen LogP contribution in [-0.4, -0.2) is 17.6 Å². The third-order valence-electron chi connectivity index (χ3n) is 1.52. The molecule has 1 aromatic carbocycles. The predicted octanol–water partition coefficient (Wildman–Crippen LogP) is 1.68. The molecule has 0 saturated heterocycles. The molecule has 4 nitrogen and oxygen atoms in total. The molecule has 0 radical (unpaired) electrons. The van der Waals surface area contributed by atoms with Gasteiger partial charge in [-0.15, -0.1) is 0 Å². The van der Waals surface area contributed by atoms with Crippen LogP contribution in [0.15, 0.2) is 18.2 Å². The van der Waals surface area contributed by atoms with Crippen molar-refractivity contribution in [1.29, 1.82) is 0 Å². The summed E-state index contributed by atoms with van der Waals surface area (Å²) in [5.41, 5.74) is 2.61. The first kappa shape index (κ1) is 11.3. The van der Waals surface area contributed by atoms with E-state index in [9.17, 15) is 9.90 Å². The number of rotatable bonds is 3. The average molecular weight is 307 g/mol. The molecule has 2 N–H and O–H groups in total. The topological polar surface area (TPSA) is 58.6 Å². The number of hydrogen-bond acceptors (Lipinski definition) is 3. The molecule has 0 unspecified atom stereocenters. The first-order chi connectivity index (χ1) is 6.65. The highest BCUT2D eigenvalue weighted by Crippen LogP contribution is 2.20. The average Bonchev–Trinajstić information content (AvgIpc) is 2.18. The van der Waals surface area contributed by atoms with Gasteiger partial charge in [0.25, 0.3) is 5.91 Å². The van der Waals surface area contributed by atoms with Crippen LogP contribution in [0.1, 0.15) is 17.3 Å². The number of amides is 1. The molecule has 0 aliphatic rings. The minimum absolute atomic E-state index is 0.0924. The van der Waals surface area contributed by atoms with Crippen LogP contribution in [0.2, 0.25) is 0 Å². The third-order valence-corrected chi connectivity index (χ3v) is 2.43. The van der Waals surface area contributed by atoms with Gasteiger partial charge in [0.2, 0.25) is 0 Å². The van der Waals surface area contributed by atoms with Gasteiger partial charge in [-0.2, -0.15) is 0 Å². The van der Waals surface area contributed by atoms with Crippen LogP contribution < -0.4 is 5.48 Å². The van der Waals surface area contributed by atoms with Crippen LogP contribution in [0.25, 0.3) is 0 Å². The minimum atomic E-state index is -0.362. The normalized spacial score (nSPS) is 9.86. The van der Waals surface area contributed by atoms with Gasteiger partial charge in [0.1, 0.15) is 5.75 Å². The van der Waals surface area contributed by atoms with Crippen molar-refractivity contribution < 1.29 is 14.7 Å². The number of hydrogen-bond donors (Lipinski definition) is 2. The number of hydroxylamine groups is 1. The smallest absolute Gasteiger partial charge is 0.274 e. The van der Waals surface area contributed by atoms with Gasteiger partial charge in [0.05, 0.1) is 10.2 Å². The van der Waals surface area contributed by atoms with Gasteiger partial charge in [-0.1, -0.05) is 0 Å². The van der Waals surface area contributed by atoms with E-state index < -0.39 is 0 Å².